The zero-order valence-electron chi connectivity index (χ0n) is 15.0. The lowest BCUT2D eigenvalue weighted by atomic mass is 9.92. The molecule has 0 saturated carbocycles. The summed E-state index contributed by atoms with van der Waals surface area (Å²) in [5.74, 6) is 0.191. The Bertz CT molecular complexity index is 830. The molecule has 1 aromatic carbocycles. The van der Waals surface area contributed by atoms with Crippen LogP contribution in [0.1, 0.15) is 48.0 Å². The minimum Gasteiger partial charge on any atom is -0.485 e. The van der Waals surface area contributed by atoms with Gasteiger partial charge in [-0.15, -0.1) is 0 Å². The number of nitrogens with zero attached hydrogens (tertiary/aromatic N) is 2. The quantitative estimate of drug-likeness (QED) is 0.741. The fraction of sp³-hybridized carbons (Fsp3) is 0.526. The van der Waals surface area contributed by atoms with E-state index in [0.29, 0.717) is 30.1 Å². The fourth-order valence-electron chi connectivity index (χ4n) is 4.27. The van der Waals surface area contributed by atoms with Gasteiger partial charge in [-0.05, 0) is 37.2 Å². The van der Waals surface area contributed by atoms with Gasteiger partial charge in [-0.1, -0.05) is 0 Å². The van der Waals surface area contributed by atoms with E-state index in [1.807, 2.05) is 6.07 Å². The van der Waals surface area contributed by atoms with Gasteiger partial charge < -0.3 is 14.8 Å². The van der Waals surface area contributed by atoms with E-state index in [-0.39, 0.29) is 42.7 Å². The average Bonchev–Trinajstić information content (AvgIpc) is 2.96. The second-order valence-corrected chi connectivity index (χ2v) is 7.60. The summed E-state index contributed by atoms with van der Waals surface area (Å²) < 4.78 is 12.2. The molecule has 27 heavy (non-hydrogen) atoms. The molecule has 4 aliphatic heterocycles. The third-order valence-corrected chi connectivity index (χ3v) is 5.78. The van der Waals surface area contributed by atoms with Gasteiger partial charge in [0, 0.05) is 25.7 Å². The monoisotopic (exact) mass is 371 g/mol. The van der Waals surface area contributed by atoms with E-state index in [1.165, 1.54) is 5.01 Å². The van der Waals surface area contributed by atoms with Crippen LogP contribution >= 0.6 is 0 Å². The number of hydrazine groups is 1. The summed E-state index contributed by atoms with van der Waals surface area (Å²) in [4.78, 5) is 37.2. The van der Waals surface area contributed by atoms with Crippen LogP contribution in [0, 0.1) is 0 Å². The molecule has 8 nitrogen and oxygen atoms in total. The summed E-state index contributed by atoms with van der Waals surface area (Å²) in [6.07, 6.45) is 2.84. The first-order chi connectivity index (χ1) is 13.1. The van der Waals surface area contributed by atoms with Gasteiger partial charge in [-0.2, -0.15) is 5.01 Å². The molecule has 5 rings (SSSR count). The van der Waals surface area contributed by atoms with E-state index >= 15 is 0 Å². The number of piperidine rings is 2. The van der Waals surface area contributed by atoms with Gasteiger partial charge in [0.15, 0.2) is 11.5 Å². The number of carbonyl (C=O) groups is 3. The summed E-state index contributed by atoms with van der Waals surface area (Å²) in [6, 6.07) is 3.50. The lowest BCUT2D eigenvalue weighted by molar-refractivity contribution is -0.163. The van der Waals surface area contributed by atoms with Crippen LogP contribution < -0.4 is 14.8 Å². The fourth-order valence-corrected chi connectivity index (χ4v) is 4.27. The highest BCUT2D eigenvalue weighted by atomic mass is 16.6. The van der Waals surface area contributed by atoms with Crippen molar-refractivity contribution in [2.75, 3.05) is 19.7 Å². The van der Waals surface area contributed by atoms with Crippen LogP contribution in [-0.2, 0) is 16.1 Å². The number of nitrogens with one attached hydrogen (secondary N) is 1. The molecule has 2 saturated heterocycles. The van der Waals surface area contributed by atoms with Gasteiger partial charge in [-0.25, -0.2) is 5.01 Å². The molecule has 0 radical (unpaired) electrons. The van der Waals surface area contributed by atoms with E-state index in [1.54, 1.807) is 6.07 Å². The topological polar surface area (TPSA) is 88.2 Å². The van der Waals surface area contributed by atoms with Crippen LogP contribution in [0.5, 0.6) is 11.5 Å². The number of carbonyl (C=O) groups excluding carboxylic acids is 3. The molecular weight excluding hydrogens is 350 g/mol. The van der Waals surface area contributed by atoms with Crippen LogP contribution in [-0.4, -0.2) is 53.0 Å². The normalized spacial score (nSPS) is 23.8. The Labute approximate surface area is 156 Å². The average molecular weight is 371 g/mol. The minimum absolute atomic E-state index is 0.191. The molecule has 0 atom stereocenters. The maximum absolute atomic E-state index is 12.8. The third-order valence-electron chi connectivity index (χ3n) is 5.78. The minimum atomic E-state index is -0.345. The molecule has 142 valence electrons. The van der Waals surface area contributed by atoms with Crippen molar-refractivity contribution in [1.82, 2.24) is 15.3 Å². The molecule has 2 fully saturated rings. The predicted octanol–water partition coefficient (Wildman–Crippen LogP) is 0.990. The highest BCUT2D eigenvalue weighted by Gasteiger charge is 2.43. The lowest BCUT2D eigenvalue weighted by Crippen LogP contribution is -2.52. The molecule has 3 amide bonds. The first kappa shape index (κ1) is 16.6. The summed E-state index contributed by atoms with van der Waals surface area (Å²) in [7, 11) is 0. The zero-order chi connectivity index (χ0) is 18.6. The van der Waals surface area contributed by atoms with E-state index < -0.39 is 0 Å². The van der Waals surface area contributed by atoms with E-state index in [2.05, 4.69) is 5.32 Å². The summed E-state index contributed by atoms with van der Waals surface area (Å²) in [5, 5.41) is 5.59. The Balaban J connectivity index is 1.44. The molecule has 4 aliphatic rings. The third kappa shape index (κ3) is 2.58. The number of ether oxygens (including phenoxy) is 2. The van der Waals surface area contributed by atoms with Crippen LogP contribution in [0.25, 0.3) is 0 Å². The SMILES string of the molecule is O=C1c2cc3c(cc2CN1N1C(=O)CCCC1=O)OC1(CCNCC1)CO3. The maximum Gasteiger partial charge on any atom is 0.273 e. The Kier molecular flexibility index (Phi) is 3.65. The van der Waals surface area contributed by atoms with Gasteiger partial charge in [-0.3, -0.25) is 14.4 Å². The Morgan fingerprint density at radius 1 is 1.00 bits per heavy atom. The second-order valence-electron chi connectivity index (χ2n) is 7.60. The molecule has 1 aromatic rings. The van der Waals surface area contributed by atoms with Crippen molar-refractivity contribution in [2.45, 2.75) is 44.2 Å². The number of hydrogen-bond acceptors (Lipinski definition) is 6. The number of rotatable bonds is 1. The van der Waals surface area contributed by atoms with Crippen molar-refractivity contribution in [3.63, 3.8) is 0 Å². The number of benzene rings is 1. The Hall–Kier alpha value is -2.61. The first-order valence-corrected chi connectivity index (χ1v) is 9.43. The summed E-state index contributed by atoms with van der Waals surface area (Å²) >= 11 is 0. The summed E-state index contributed by atoms with van der Waals surface area (Å²) in [5.41, 5.74) is 0.887. The zero-order valence-corrected chi connectivity index (χ0v) is 15.0. The van der Waals surface area contributed by atoms with E-state index in [9.17, 15) is 14.4 Å². The van der Waals surface area contributed by atoms with Crippen molar-refractivity contribution in [1.29, 1.82) is 0 Å². The molecule has 8 heteroatoms. The number of hydrogen-bond donors (Lipinski definition) is 1. The van der Waals surface area contributed by atoms with Crippen molar-refractivity contribution in [3.05, 3.63) is 23.3 Å². The predicted molar refractivity (Wildman–Crippen MR) is 93.0 cm³/mol. The first-order valence-electron chi connectivity index (χ1n) is 9.43. The number of imide groups is 1. The molecule has 1 N–H and O–H groups in total. The smallest absolute Gasteiger partial charge is 0.273 e. The van der Waals surface area contributed by atoms with E-state index in [0.717, 1.165) is 36.5 Å². The molecule has 0 aromatic heterocycles. The van der Waals surface area contributed by atoms with Gasteiger partial charge in [0.05, 0.1) is 12.1 Å². The number of fused-ring (bicyclic) bond motifs is 2. The molecule has 0 aliphatic carbocycles. The largest absolute Gasteiger partial charge is 0.485 e. The maximum atomic E-state index is 12.8. The van der Waals surface area contributed by atoms with Crippen molar-refractivity contribution in [2.24, 2.45) is 0 Å². The van der Waals surface area contributed by atoms with Crippen LogP contribution in [0.2, 0.25) is 0 Å². The Morgan fingerprint density at radius 2 is 1.74 bits per heavy atom. The van der Waals surface area contributed by atoms with Gasteiger partial charge in [0.2, 0.25) is 11.8 Å². The standard InChI is InChI=1S/C19H21N3O5/c23-16-2-1-3-17(24)22(16)21-10-12-8-15-14(9-13(12)18(21)25)26-11-19(27-15)4-6-20-7-5-19/h8-9,20H,1-7,10-11H2. The highest BCUT2D eigenvalue weighted by Crippen LogP contribution is 2.42. The summed E-state index contributed by atoms with van der Waals surface area (Å²) in [6.45, 7) is 2.42. The van der Waals surface area contributed by atoms with Gasteiger partial charge >= 0.3 is 0 Å². The van der Waals surface area contributed by atoms with Crippen LogP contribution in [0.3, 0.4) is 0 Å². The van der Waals surface area contributed by atoms with Crippen molar-refractivity contribution < 1.29 is 23.9 Å². The Morgan fingerprint density at radius 3 is 2.48 bits per heavy atom. The second kappa shape index (κ2) is 5.95. The van der Waals surface area contributed by atoms with Crippen molar-refractivity contribution >= 4 is 17.7 Å². The molecule has 0 unspecified atom stereocenters. The van der Waals surface area contributed by atoms with E-state index in [4.69, 9.17) is 9.47 Å². The lowest BCUT2D eigenvalue weighted by Gasteiger charge is -2.41. The highest BCUT2D eigenvalue weighted by molar-refractivity contribution is 6.04. The van der Waals surface area contributed by atoms with Crippen LogP contribution in [0.4, 0.5) is 0 Å². The van der Waals surface area contributed by atoms with Crippen LogP contribution in [0.15, 0.2) is 12.1 Å². The molecule has 4 heterocycles. The molecular formula is C19H21N3O5. The molecule has 0 bridgehead atoms. The van der Waals surface area contributed by atoms with Crippen molar-refractivity contribution in [3.8, 4) is 11.5 Å². The number of amides is 3. The van der Waals surface area contributed by atoms with Gasteiger partial charge in [0.1, 0.15) is 12.2 Å². The van der Waals surface area contributed by atoms with Gasteiger partial charge in [0.25, 0.3) is 5.91 Å². The molecule has 1 spiro atoms.